The van der Waals surface area contributed by atoms with E-state index >= 15 is 0 Å². The van der Waals surface area contributed by atoms with E-state index in [0.717, 1.165) is 19.0 Å². The van der Waals surface area contributed by atoms with Crippen LogP contribution in [-0.4, -0.2) is 58.7 Å². The number of carbonyl (C=O) groups is 1. The molecule has 1 atom stereocenters. The lowest BCUT2D eigenvalue weighted by molar-refractivity contribution is -0.0282. The highest BCUT2D eigenvalue weighted by Crippen LogP contribution is 2.41. The maximum absolute atomic E-state index is 11.3. The number of piperidine rings is 1. The maximum atomic E-state index is 11.3. The molecule has 1 aromatic heterocycles. The van der Waals surface area contributed by atoms with Crippen molar-refractivity contribution in [2.24, 2.45) is 11.3 Å². The number of carbonyl (C=O) groups excluding carboxylic acids is 1. The highest BCUT2D eigenvalue weighted by molar-refractivity contribution is 5.92. The maximum Gasteiger partial charge on any atom is 0.277 e. The van der Waals surface area contributed by atoms with Crippen LogP contribution in [0.3, 0.4) is 0 Å². The Morgan fingerprint density at radius 2 is 1.96 bits per heavy atom. The number of hydrogen-bond acceptors (Lipinski definition) is 6. The molecule has 0 bridgehead atoms. The van der Waals surface area contributed by atoms with Crippen LogP contribution >= 0.6 is 0 Å². The van der Waals surface area contributed by atoms with Gasteiger partial charge >= 0.3 is 0 Å². The van der Waals surface area contributed by atoms with Crippen LogP contribution in [0.25, 0.3) is 0 Å². The molecule has 26 heavy (non-hydrogen) atoms. The monoisotopic (exact) mass is 357 g/mol. The lowest BCUT2D eigenvalue weighted by Gasteiger charge is -2.55. The van der Waals surface area contributed by atoms with Crippen molar-refractivity contribution in [2.75, 3.05) is 37.6 Å². The van der Waals surface area contributed by atoms with E-state index in [1.165, 1.54) is 64.1 Å². The molecule has 4 rings (SSSR count). The molecule has 0 radical (unpaired) electrons. The van der Waals surface area contributed by atoms with Crippen molar-refractivity contribution >= 4 is 11.9 Å². The normalized spacial score (nSPS) is 25.1. The Labute approximate surface area is 154 Å². The summed E-state index contributed by atoms with van der Waals surface area (Å²) in [6.45, 7) is 5.65. The second-order valence-electron chi connectivity index (χ2n) is 8.02. The molecule has 0 aromatic carbocycles. The molecule has 1 amide bonds. The van der Waals surface area contributed by atoms with E-state index in [1.54, 1.807) is 5.48 Å². The molecule has 2 aliphatic heterocycles. The molecule has 1 aromatic rings. The van der Waals surface area contributed by atoms with Crippen molar-refractivity contribution in [3.63, 3.8) is 0 Å². The summed E-state index contributed by atoms with van der Waals surface area (Å²) >= 11 is 0. The summed E-state index contributed by atoms with van der Waals surface area (Å²) in [7, 11) is 0. The van der Waals surface area contributed by atoms with E-state index in [4.69, 9.17) is 5.21 Å². The average molecular weight is 357 g/mol. The fourth-order valence-corrected chi connectivity index (χ4v) is 4.58. The van der Waals surface area contributed by atoms with Crippen LogP contribution in [0.15, 0.2) is 24.5 Å². The largest absolute Gasteiger partial charge is 0.341 e. The standard InChI is InChI=1S/C19H27N5O2/c25-17(22-26)16-10-20-18(21-11-16)24-8-6-19(7-9-24)13-23(14-19)12-15-4-2-1-3-5-15/h1-2,10-11,15,26H,3-9,12-14H2,(H,22,25). The quantitative estimate of drug-likeness (QED) is 0.486. The summed E-state index contributed by atoms with van der Waals surface area (Å²) in [5, 5.41) is 8.65. The minimum atomic E-state index is -0.586. The summed E-state index contributed by atoms with van der Waals surface area (Å²) in [6.07, 6.45) is 13.8. The van der Waals surface area contributed by atoms with Crippen LogP contribution in [0.5, 0.6) is 0 Å². The molecule has 3 aliphatic rings. The Bertz CT molecular complexity index is 659. The first-order valence-electron chi connectivity index (χ1n) is 9.56. The minimum absolute atomic E-state index is 0.261. The van der Waals surface area contributed by atoms with Gasteiger partial charge in [0.2, 0.25) is 5.95 Å². The first-order chi connectivity index (χ1) is 12.7. The molecular formula is C19H27N5O2. The molecule has 7 nitrogen and oxygen atoms in total. The van der Waals surface area contributed by atoms with Crippen molar-refractivity contribution in [3.8, 4) is 0 Å². The van der Waals surface area contributed by atoms with Crippen LogP contribution in [-0.2, 0) is 0 Å². The molecule has 7 heteroatoms. The highest BCUT2D eigenvalue weighted by atomic mass is 16.5. The Kier molecular flexibility index (Phi) is 4.91. The lowest BCUT2D eigenvalue weighted by Crippen LogP contribution is -2.61. The van der Waals surface area contributed by atoms with E-state index < -0.39 is 5.91 Å². The van der Waals surface area contributed by atoms with Gasteiger partial charge in [0.05, 0.1) is 5.56 Å². The summed E-state index contributed by atoms with van der Waals surface area (Å²) in [5.41, 5.74) is 2.34. The third-order valence-corrected chi connectivity index (χ3v) is 6.12. The number of aromatic nitrogens is 2. The highest BCUT2D eigenvalue weighted by Gasteiger charge is 2.45. The van der Waals surface area contributed by atoms with Crippen LogP contribution < -0.4 is 10.4 Å². The topological polar surface area (TPSA) is 81.6 Å². The zero-order valence-corrected chi connectivity index (χ0v) is 15.1. The smallest absolute Gasteiger partial charge is 0.277 e. The number of rotatable bonds is 4. The van der Waals surface area contributed by atoms with Crippen molar-refractivity contribution in [1.29, 1.82) is 0 Å². The molecule has 2 saturated heterocycles. The molecule has 1 spiro atoms. The summed E-state index contributed by atoms with van der Waals surface area (Å²) in [5.74, 6) is 0.928. The average Bonchev–Trinajstić information content (AvgIpc) is 2.68. The van der Waals surface area contributed by atoms with Gasteiger partial charge in [-0.3, -0.25) is 10.0 Å². The Balaban J connectivity index is 1.26. The van der Waals surface area contributed by atoms with Gasteiger partial charge in [0.1, 0.15) is 0 Å². The summed E-state index contributed by atoms with van der Waals surface area (Å²) in [4.78, 5) is 24.7. The molecule has 1 unspecified atom stereocenters. The van der Waals surface area contributed by atoms with Gasteiger partial charge in [-0.25, -0.2) is 15.4 Å². The van der Waals surface area contributed by atoms with E-state index in [1.807, 2.05) is 0 Å². The number of likely N-dealkylation sites (tertiary alicyclic amines) is 1. The summed E-state index contributed by atoms with van der Waals surface area (Å²) < 4.78 is 0. The van der Waals surface area contributed by atoms with E-state index in [-0.39, 0.29) is 5.56 Å². The van der Waals surface area contributed by atoms with Crippen molar-refractivity contribution in [1.82, 2.24) is 20.3 Å². The lowest BCUT2D eigenvalue weighted by atomic mass is 9.71. The van der Waals surface area contributed by atoms with Gasteiger partial charge in [-0.15, -0.1) is 0 Å². The van der Waals surface area contributed by atoms with E-state index in [0.29, 0.717) is 11.4 Å². The Morgan fingerprint density at radius 3 is 2.58 bits per heavy atom. The Morgan fingerprint density at radius 1 is 1.23 bits per heavy atom. The number of anilines is 1. The van der Waals surface area contributed by atoms with Crippen LogP contribution in [0.2, 0.25) is 0 Å². The molecule has 3 heterocycles. The fraction of sp³-hybridized carbons (Fsp3) is 0.632. The number of amides is 1. The molecule has 2 N–H and O–H groups in total. The van der Waals surface area contributed by atoms with Gasteiger partial charge in [0.15, 0.2) is 0 Å². The van der Waals surface area contributed by atoms with E-state index in [2.05, 4.69) is 31.9 Å². The number of nitrogens with one attached hydrogen (secondary N) is 1. The molecule has 2 fully saturated rings. The molecule has 0 saturated carbocycles. The number of nitrogens with zero attached hydrogens (tertiary/aromatic N) is 4. The number of hydroxylamine groups is 1. The zero-order chi connectivity index (χ0) is 18.0. The fourth-order valence-electron chi connectivity index (χ4n) is 4.58. The first-order valence-corrected chi connectivity index (χ1v) is 9.56. The minimum Gasteiger partial charge on any atom is -0.341 e. The number of hydrogen-bond donors (Lipinski definition) is 2. The van der Waals surface area contributed by atoms with Crippen LogP contribution in [0.1, 0.15) is 42.5 Å². The van der Waals surface area contributed by atoms with Gasteiger partial charge in [-0.1, -0.05) is 12.2 Å². The molecular weight excluding hydrogens is 330 g/mol. The molecule has 140 valence electrons. The van der Waals surface area contributed by atoms with Crippen LogP contribution in [0.4, 0.5) is 5.95 Å². The summed E-state index contributed by atoms with van der Waals surface area (Å²) in [6, 6.07) is 0. The van der Waals surface area contributed by atoms with Crippen molar-refractivity contribution in [3.05, 3.63) is 30.1 Å². The second kappa shape index (κ2) is 7.32. The van der Waals surface area contributed by atoms with Gasteiger partial charge in [-0.05, 0) is 43.4 Å². The predicted molar refractivity (Wildman–Crippen MR) is 98.1 cm³/mol. The third-order valence-electron chi connectivity index (χ3n) is 6.12. The second-order valence-corrected chi connectivity index (χ2v) is 8.02. The van der Waals surface area contributed by atoms with Gasteiger partial charge in [-0.2, -0.15) is 0 Å². The molecule has 1 aliphatic carbocycles. The van der Waals surface area contributed by atoms with Crippen LogP contribution in [0, 0.1) is 11.3 Å². The van der Waals surface area contributed by atoms with Gasteiger partial charge in [0, 0.05) is 45.1 Å². The van der Waals surface area contributed by atoms with Gasteiger partial charge < -0.3 is 9.80 Å². The van der Waals surface area contributed by atoms with Crippen molar-refractivity contribution < 1.29 is 10.0 Å². The van der Waals surface area contributed by atoms with Crippen molar-refractivity contribution in [2.45, 2.75) is 32.1 Å². The Hall–Kier alpha value is -1.99. The predicted octanol–water partition coefficient (Wildman–Crippen LogP) is 1.85. The zero-order valence-electron chi connectivity index (χ0n) is 15.1. The third kappa shape index (κ3) is 3.59. The number of allylic oxidation sites excluding steroid dienone is 2. The first kappa shape index (κ1) is 17.4. The van der Waals surface area contributed by atoms with E-state index in [9.17, 15) is 4.79 Å². The SMILES string of the molecule is O=C(NO)c1cnc(N2CCC3(CC2)CN(CC2CC=CCC2)C3)nc1. The van der Waals surface area contributed by atoms with Gasteiger partial charge in [0.25, 0.3) is 5.91 Å².